The van der Waals surface area contributed by atoms with E-state index in [-0.39, 0.29) is 12.5 Å². The van der Waals surface area contributed by atoms with Gasteiger partial charge in [-0.05, 0) is 26.1 Å². The average Bonchev–Trinajstić information content (AvgIpc) is 2.50. The first-order valence-corrected chi connectivity index (χ1v) is 7.17. The first kappa shape index (κ1) is 15.5. The van der Waals surface area contributed by atoms with Gasteiger partial charge in [-0.2, -0.15) is 0 Å². The average molecular weight is 287 g/mol. The fraction of sp³-hybridized carbons (Fsp3) is 0.500. The Morgan fingerprint density at radius 1 is 1.52 bits per heavy atom. The summed E-state index contributed by atoms with van der Waals surface area (Å²) in [6.07, 6.45) is 2.01. The summed E-state index contributed by atoms with van der Waals surface area (Å²) in [6.45, 7) is 4.41. The third-order valence-corrected chi connectivity index (χ3v) is 3.72. The van der Waals surface area contributed by atoms with Gasteiger partial charge in [0.05, 0.1) is 12.2 Å². The van der Waals surface area contributed by atoms with Crippen LogP contribution in [0.5, 0.6) is 0 Å². The molecular formula is C16H21N3O2. The summed E-state index contributed by atoms with van der Waals surface area (Å²) in [4.78, 5) is 20.9. The summed E-state index contributed by atoms with van der Waals surface area (Å²) in [7, 11) is 2.07. The molecule has 0 radical (unpaired) electrons. The van der Waals surface area contributed by atoms with Gasteiger partial charge in [0.1, 0.15) is 5.69 Å². The highest BCUT2D eigenvalue weighted by Gasteiger charge is 2.26. The molecule has 1 aliphatic heterocycles. The predicted molar refractivity (Wildman–Crippen MR) is 80.8 cm³/mol. The molecule has 1 unspecified atom stereocenters. The topological polar surface area (TPSA) is 56.7 Å². The third-order valence-electron chi connectivity index (χ3n) is 3.72. The number of hydrogen-bond acceptors (Lipinski definition) is 4. The minimum Gasteiger partial charge on any atom is -0.395 e. The van der Waals surface area contributed by atoms with Gasteiger partial charge in [-0.25, -0.2) is 4.98 Å². The maximum Gasteiger partial charge on any atom is 0.273 e. The van der Waals surface area contributed by atoms with Crippen LogP contribution < -0.4 is 0 Å². The van der Waals surface area contributed by atoms with Gasteiger partial charge in [0.25, 0.3) is 5.91 Å². The van der Waals surface area contributed by atoms with Crippen LogP contribution in [0.3, 0.4) is 0 Å². The summed E-state index contributed by atoms with van der Waals surface area (Å²) in [6, 6.07) is 3.91. The molecule has 2 rings (SSSR count). The largest absolute Gasteiger partial charge is 0.395 e. The minimum atomic E-state index is -0.0659. The summed E-state index contributed by atoms with van der Waals surface area (Å²) in [5.74, 6) is 5.70. The second-order valence-electron chi connectivity index (χ2n) is 5.26. The summed E-state index contributed by atoms with van der Waals surface area (Å²) in [5.41, 5.74) is 1.03. The fourth-order valence-corrected chi connectivity index (χ4v) is 2.27. The number of rotatable bonds is 2. The quantitative estimate of drug-likeness (QED) is 0.809. The molecule has 0 saturated carbocycles. The van der Waals surface area contributed by atoms with Crippen LogP contribution in [0.25, 0.3) is 0 Å². The van der Waals surface area contributed by atoms with E-state index >= 15 is 0 Å². The van der Waals surface area contributed by atoms with Crippen molar-refractivity contribution in [1.82, 2.24) is 14.8 Å². The smallest absolute Gasteiger partial charge is 0.273 e. The molecule has 0 spiro atoms. The number of piperazine rings is 1. The highest BCUT2D eigenvalue weighted by atomic mass is 16.2. The molecule has 1 fully saturated rings. The van der Waals surface area contributed by atoms with Gasteiger partial charge in [-0.1, -0.05) is 11.8 Å². The van der Waals surface area contributed by atoms with Crippen molar-refractivity contribution in [2.75, 3.05) is 33.3 Å². The van der Waals surface area contributed by atoms with E-state index in [1.807, 2.05) is 4.90 Å². The van der Waals surface area contributed by atoms with Gasteiger partial charge in [0.2, 0.25) is 0 Å². The molecule has 1 aromatic heterocycles. The second kappa shape index (κ2) is 7.21. The van der Waals surface area contributed by atoms with Crippen molar-refractivity contribution in [3.05, 3.63) is 29.6 Å². The number of pyridine rings is 1. The van der Waals surface area contributed by atoms with Crippen molar-refractivity contribution < 1.29 is 9.90 Å². The minimum absolute atomic E-state index is 0.0204. The normalized spacial score (nSPS) is 19.0. The number of aliphatic hydroxyl groups excluding tert-OH is 1. The Morgan fingerprint density at radius 2 is 2.33 bits per heavy atom. The Bertz CT molecular complexity index is 562. The van der Waals surface area contributed by atoms with Crippen molar-refractivity contribution in [2.45, 2.75) is 19.4 Å². The molecule has 112 valence electrons. The molecule has 5 nitrogen and oxygen atoms in total. The molecule has 1 atom stereocenters. The van der Waals surface area contributed by atoms with E-state index in [4.69, 9.17) is 5.11 Å². The van der Waals surface area contributed by atoms with Crippen LogP contribution in [-0.2, 0) is 0 Å². The number of carbonyl (C=O) groups excluding carboxylic acids is 1. The van der Waals surface area contributed by atoms with Gasteiger partial charge < -0.3 is 14.9 Å². The molecule has 1 amide bonds. The van der Waals surface area contributed by atoms with Crippen LogP contribution in [-0.4, -0.2) is 65.1 Å². The molecule has 1 saturated heterocycles. The van der Waals surface area contributed by atoms with E-state index in [2.05, 4.69) is 35.7 Å². The zero-order valence-corrected chi connectivity index (χ0v) is 12.5. The van der Waals surface area contributed by atoms with Crippen molar-refractivity contribution in [2.24, 2.45) is 0 Å². The van der Waals surface area contributed by atoms with E-state index in [0.717, 1.165) is 6.54 Å². The number of amides is 1. The lowest BCUT2D eigenvalue weighted by Crippen LogP contribution is -2.52. The van der Waals surface area contributed by atoms with Gasteiger partial charge in [0.15, 0.2) is 0 Å². The lowest BCUT2D eigenvalue weighted by molar-refractivity contribution is 0.0566. The van der Waals surface area contributed by atoms with Gasteiger partial charge in [0, 0.05) is 38.3 Å². The highest BCUT2D eigenvalue weighted by molar-refractivity contribution is 5.94. The second-order valence-corrected chi connectivity index (χ2v) is 5.26. The van der Waals surface area contributed by atoms with E-state index in [9.17, 15) is 4.79 Å². The van der Waals surface area contributed by atoms with Crippen LogP contribution in [0.15, 0.2) is 18.3 Å². The Balaban J connectivity index is 2.18. The molecule has 0 aromatic carbocycles. The van der Waals surface area contributed by atoms with Crippen LogP contribution >= 0.6 is 0 Å². The van der Waals surface area contributed by atoms with Crippen molar-refractivity contribution in [3.63, 3.8) is 0 Å². The Labute approximate surface area is 125 Å². The predicted octanol–water partition coefficient (Wildman–Crippen LogP) is 0.592. The summed E-state index contributed by atoms with van der Waals surface area (Å²) in [5, 5.41) is 8.78. The molecule has 1 N–H and O–H groups in total. The molecule has 5 heteroatoms. The molecule has 0 bridgehead atoms. The lowest BCUT2D eigenvalue weighted by Gasteiger charge is -2.37. The first-order chi connectivity index (χ1) is 10.1. The van der Waals surface area contributed by atoms with E-state index < -0.39 is 0 Å². The molecule has 1 aliphatic rings. The number of hydrogen-bond donors (Lipinski definition) is 1. The SMILES string of the molecule is CC1CN(C(=O)c2ncccc2C#CCCO)CCN1C. The Kier molecular flexibility index (Phi) is 5.32. The maximum atomic E-state index is 12.6. The van der Waals surface area contributed by atoms with E-state index in [1.54, 1.807) is 18.3 Å². The highest BCUT2D eigenvalue weighted by Crippen LogP contribution is 2.13. The molecule has 0 aliphatic carbocycles. The number of aliphatic hydroxyl groups is 1. The summed E-state index contributed by atoms with van der Waals surface area (Å²) >= 11 is 0. The van der Waals surface area contributed by atoms with E-state index in [1.165, 1.54) is 0 Å². The van der Waals surface area contributed by atoms with Crippen LogP contribution in [0.2, 0.25) is 0 Å². The lowest BCUT2D eigenvalue weighted by atomic mass is 10.1. The fourth-order valence-electron chi connectivity index (χ4n) is 2.27. The number of likely N-dealkylation sites (N-methyl/N-ethyl adjacent to an activating group) is 1. The number of carbonyl (C=O) groups is 1. The van der Waals surface area contributed by atoms with Gasteiger partial charge >= 0.3 is 0 Å². The first-order valence-electron chi connectivity index (χ1n) is 7.17. The zero-order chi connectivity index (χ0) is 15.2. The van der Waals surface area contributed by atoms with Crippen molar-refractivity contribution in [1.29, 1.82) is 0 Å². The number of aromatic nitrogens is 1. The molecule has 21 heavy (non-hydrogen) atoms. The van der Waals surface area contributed by atoms with Gasteiger partial charge in [-0.3, -0.25) is 4.79 Å². The standard InChI is InChI=1S/C16H21N3O2/c1-13-12-19(10-9-18(13)2)16(21)15-14(6-3-4-11-20)7-5-8-17-15/h5,7-8,13,20H,4,9-12H2,1-2H3. The van der Waals surface area contributed by atoms with E-state index in [0.29, 0.717) is 36.8 Å². The molecular weight excluding hydrogens is 266 g/mol. The molecule has 1 aromatic rings. The van der Waals surface area contributed by atoms with Crippen molar-refractivity contribution in [3.8, 4) is 11.8 Å². The van der Waals surface area contributed by atoms with Crippen LogP contribution in [0, 0.1) is 11.8 Å². The Hall–Kier alpha value is -1.90. The van der Waals surface area contributed by atoms with Gasteiger partial charge in [-0.15, -0.1) is 0 Å². The number of nitrogens with zero attached hydrogens (tertiary/aromatic N) is 3. The zero-order valence-electron chi connectivity index (χ0n) is 12.5. The van der Waals surface area contributed by atoms with Crippen LogP contribution in [0.4, 0.5) is 0 Å². The third kappa shape index (κ3) is 3.81. The molecule has 2 heterocycles. The monoisotopic (exact) mass is 287 g/mol. The maximum absolute atomic E-state index is 12.6. The van der Waals surface area contributed by atoms with Crippen LogP contribution in [0.1, 0.15) is 29.4 Å². The Morgan fingerprint density at radius 3 is 3.05 bits per heavy atom. The van der Waals surface area contributed by atoms with Crippen molar-refractivity contribution >= 4 is 5.91 Å². The summed E-state index contributed by atoms with van der Waals surface area (Å²) < 4.78 is 0.